The molecular weight excluding hydrogens is 390 g/mol. The number of rotatable bonds is 4. The molecule has 0 saturated carbocycles. The molecule has 4 rings (SSSR count). The number of benzene rings is 2. The van der Waals surface area contributed by atoms with E-state index in [0.717, 1.165) is 39.8 Å². The Morgan fingerprint density at radius 1 is 1.11 bits per heavy atom. The van der Waals surface area contributed by atoms with Gasteiger partial charge >= 0.3 is 0 Å². The quantitative estimate of drug-likeness (QED) is 0.645. The fourth-order valence-corrected chi connectivity index (χ4v) is 5.55. The van der Waals surface area contributed by atoms with Gasteiger partial charge < -0.3 is 0 Å². The van der Waals surface area contributed by atoms with Gasteiger partial charge in [-0.2, -0.15) is 4.31 Å². The summed E-state index contributed by atoms with van der Waals surface area (Å²) in [6.07, 6.45) is 0.750. The number of hydrogen-bond donors (Lipinski definition) is 0. The van der Waals surface area contributed by atoms with Gasteiger partial charge in [-0.3, -0.25) is 0 Å². The van der Waals surface area contributed by atoms with Crippen molar-refractivity contribution in [3.63, 3.8) is 0 Å². The number of aryl methyl sites for hydroxylation is 1. The lowest BCUT2D eigenvalue weighted by molar-refractivity contribution is 0.467. The fourth-order valence-electron chi connectivity index (χ4n) is 3.99. The second kappa shape index (κ2) is 7.03. The first-order valence-corrected chi connectivity index (χ1v) is 11.0. The van der Waals surface area contributed by atoms with Gasteiger partial charge in [-0.1, -0.05) is 60.2 Å². The van der Waals surface area contributed by atoms with E-state index < -0.39 is 10.0 Å². The first-order valence-electron chi connectivity index (χ1n) is 9.19. The average Bonchev–Trinajstić information content (AvgIpc) is 3.24. The van der Waals surface area contributed by atoms with Gasteiger partial charge in [0.05, 0.1) is 4.90 Å². The number of sulfonamides is 1. The molecule has 0 bridgehead atoms. The van der Waals surface area contributed by atoms with Crippen LogP contribution < -0.4 is 0 Å². The third-order valence-corrected chi connectivity index (χ3v) is 7.73. The predicted octanol–water partition coefficient (Wildman–Crippen LogP) is 5.24. The minimum atomic E-state index is -3.53. The van der Waals surface area contributed by atoms with Gasteiger partial charge in [-0.25, -0.2) is 8.42 Å². The Balaban J connectivity index is 1.66. The zero-order chi connectivity index (χ0) is 20.1. The van der Waals surface area contributed by atoms with Crippen molar-refractivity contribution in [2.45, 2.75) is 18.2 Å². The van der Waals surface area contributed by atoms with E-state index in [9.17, 15) is 8.42 Å². The van der Waals surface area contributed by atoms with Crippen LogP contribution in [0.2, 0.25) is 5.02 Å². The Kier molecular flexibility index (Phi) is 4.82. The first-order chi connectivity index (χ1) is 13.3. The normalized spacial score (nSPS) is 19.9. The minimum absolute atomic E-state index is 0.0688. The van der Waals surface area contributed by atoms with Crippen LogP contribution in [0.15, 0.2) is 83.3 Å². The molecule has 0 radical (unpaired) electrons. The van der Waals surface area contributed by atoms with Gasteiger partial charge in [0.15, 0.2) is 0 Å². The van der Waals surface area contributed by atoms with E-state index in [1.165, 1.54) is 0 Å². The van der Waals surface area contributed by atoms with E-state index in [1.54, 1.807) is 16.4 Å². The van der Waals surface area contributed by atoms with Gasteiger partial charge in [-0.15, -0.1) is 0 Å². The van der Waals surface area contributed by atoms with Crippen LogP contribution in [-0.4, -0.2) is 25.8 Å². The third-order valence-electron chi connectivity index (χ3n) is 5.65. The number of hydrogen-bond acceptors (Lipinski definition) is 2. The van der Waals surface area contributed by atoms with Crippen LogP contribution >= 0.6 is 11.6 Å². The molecule has 3 nitrogen and oxygen atoms in total. The molecule has 2 aromatic rings. The minimum Gasteiger partial charge on any atom is -0.207 e. The fraction of sp³-hybridized carbons (Fsp3) is 0.217. The lowest BCUT2D eigenvalue weighted by Gasteiger charge is -2.18. The molecule has 1 unspecified atom stereocenters. The summed E-state index contributed by atoms with van der Waals surface area (Å²) < 4.78 is 27.8. The van der Waals surface area contributed by atoms with Crippen LogP contribution in [0.1, 0.15) is 17.5 Å². The molecule has 0 N–H and O–H groups in total. The van der Waals surface area contributed by atoms with Gasteiger partial charge in [0.25, 0.3) is 0 Å². The number of halogens is 1. The molecule has 1 saturated heterocycles. The van der Waals surface area contributed by atoms with E-state index in [-0.39, 0.29) is 5.92 Å². The van der Waals surface area contributed by atoms with Crippen molar-refractivity contribution in [2.75, 3.05) is 13.1 Å². The van der Waals surface area contributed by atoms with Gasteiger partial charge in [0, 0.05) is 24.0 Å². The van der Waals surface area contributed by atoms with Crippen LogP contribution in [0.5, 0.6) is 0 Å². The highest BCUT2D eigenvalue weighted by molar-refractivity contribution is 7.89. The van der Waals surface area contributed by atoms with E-state index >= 15 is 0 Å². The number of allylic oxidation sites excluding steroid dienone is 2. The molecule has 5 heteroatoms. The van der Waals surface area contributed by atoms with Crippen molar-refractivity contribution in [3.05, 3.63) is 94.6 Å². The Hall–Kier alpha value is -2.14. The molecule has 1 fully saturated rings. The van der Waals surface area contributed by atoms with Crippen LogP contribution in [0.3, 0.4) is 0 Å². The first kappa shape index (κ1) is 19.2. The van der Waals surface area contributed by atoms with Crippen LogP contribution in [0, 0.1) is 12.8 Å². The van der Waals surface area contributed by atoms with Crippen molar-refractivity contribution < 1.29 is 8.42 Å². The van der Waals surface area contributed by atoms with Crippen molar-refractivity contribution >= 4 is 27.2 Å². The summed E-state index contributed by atoms with van der Waals surface area (Å²) >= 11 is 6.00. The maximum atomic E-state index is 13.1. The Morgan fingerprint density at radius 2 is 1.75 bits per heavy atom. The maximum absolute atomic E-state index is 13.1. The Bertz CT molecular complexity index is 1100. The number of fused-ring (bicyclic) bond motifs is 1. The lowest BCUT2D eigenvalue weighted by Crippen LogP contribution is -2.29. The Morgan fingerprint density at radius 3 is 2.39 bits per heavy atom. The highest BCUT2D eigenvalue weighted by Gasteiger charge is 2.41. The summed E-state index contributed by atoms with van der Waals surface area (Å²) in [5.41, 5.74) is 6.25. The highest BCUT2D eigenvalue weighted by Crippen LogP contribution is 2.46. The van der Waals surface area contributed by atoms with Crippen molar-refractivity contribution in [1.82, 2.24) is 4.31 Å². The van der Waals surface area contributed by atoms with Gasteiger partial charge in [-0.05, 0) is 59.9 Å². The summed E-state index contributed by atoms with van der Waals surface area (Å²) in [5.74, 6) is 0.0688. The molecule has 1 atom stereocenters. The second-order valence-electron chi connectivity index (χ2n) is 7.49. The molecule has 0 spiro atoms. The van der Waals surface area contributed by atoms with E-state index in [4.69, 9.17) is 11.6 Å². The average molecular weight is 412 g/mol. The van der Waals surface area contributed by atoms with Crippen LogP contribution in [-0.2, 0) is 10.0 Å². The molecule has 0 aromatic heterocycles. The second-order valence-corrected chi connectivity index (χ2v) is 9.86. The zero-order valence-corrected chi connectivity index (χ0v) is 17.4. The number of nitrogens with zero attached hydrogens (tertiary/aromatic N) is 1. The molecular formula is C23H22ClNO2S. The van der Waals surface area contributed by atoms with Crippen molar-refractivity contribution in [3.8, 4) is 0 Å². The third kappa shape index (κ3) is 3.26. The smallest absolute Gasteiger partial charge is 0.207 e. The van der Waals surface area contributed by atoms with Crippen LogP contribution in [0.4, 0.5) is 0 Å². The molecule has 28 heavy (non-hydrogen) atoms. The molecule has 144 valence electrons. The molecule has 0 amide bonds. The topological polar surface area (TPSA) is 37.4 Å². The van der Waals surface area contributed by atoms with Crippen molar-refractivity contribution in [1.29, 1.82) is 0 Å². The molecule has 1 aliphatic heterocycles. The summed E-state index contributed by atoms with van der Waals surface area (Å²) in [6, 6.07) is 14.6. The van der Waals surface area contributed by atoms with Crippen molar-refractivity contribution in [2.24, 2.45) is 5.92 Å². The van der Waals surface area contributed by atoms with E-state index in [1.807, 2.05) is 43.3 Å². The molecule has 2 aliphatic rings. The summed E-state index contributed by atoms with van der Waals surface area (Å²) in [6.45, 7) is 11.3. The van der Waals surface area contributed by atoms with E-state index in [2.05, 4.69) is 13.2 Å². The predicted molar refractivity (Wildman–Crippen MR) is 115 cm³/mol. The summed E-state index contributed by atoms with van der Waals surface area (Å²) in [5, 5.41) is 0.680. The van der Waals surface area contributed by atoms with Gasteiger partial charge in [0.2, 0.25) is 10.0 Å². The summed E-state index contributed by atoms with van der Waals surface area (Å²) in [4.78, 5) is 0.336. The molecule has 1 heterocycles. The lowest BCUT2D eigenvalue weighted by atomic mass is 9.96. The zero-order valence-electron chi connectivity index (χ0n) is 15.8. The van der Waals surface area contributed by atoms with Gasteiger partial charge in [0.1, 0.15) is 0 Å². The monoisotopic (exact) mass is 411 g/mol. The Labute approximate surface area is 171 Å². The molecule has 2 aromatic carbocycles. The van der Waals surface area contributed by atoms with Crippen LogP contribution in [0.25, 0.3) is 5.57 Å². The highest BCUT2D eigenvalue weighted by atomic mass is 35.5. The standard InChI is InChI=1S/C23H22ClNO2S/c1-15-4-10-20(11-5-15)28(26,27)25-13-22-16(2)12-21(23(22)14-25)17(3)18-6-8-19(24)9-7-18/h4-11,22H,2-3,12-14H2,1H3. The summed E-state index contributed by atoms with van der Waals surface area (Å²) in [7, 11) is -3.53. The SMILES string of the molecule is C=C(C1=C2CN(S(=O)(=O)c3ccc(C)cc3)CC2C(=C)C1)c1ccc(Cl)cc1. The largest absolute Gasteiger partial charge is 0.243 e. The van der Waals surface area contributed by atoms with E-state index in [0.29, 0.717) is 23.0 Å². The maximum Gasteiger partial charge on any atom is 0.243 e. The molecule has 1 aliphatic carbocycles.